The van der Waals surface area contributed by atoms with Crippen LogP contribution < -0.4 is 0 Å². The van der Waals surface area contributed by atoms with E-state index in [1.165, 1.54) is 0 Å². The highest BCUT2D eigenvalue weighted by Crippen LogP contribution is 2.17. The van der Waals surface area contributed by atoms with Crippen LogP contribution in [-0.2, 0) is 0 Å². The molecule has 0 fully saturated rings. The summed E-state index contributed by atoms with van der Waals surface area (Å²) in [6.07, 6.45) is 0. The van der Waals surface area contributed by atoms with Crippen molar-refractivity contribution >= 4 is 11.5 Å². The lowest BCUT2D eigenvalue weighted by Crippen LogP contribution is -1.91. The highest BCUT2D eigenvalue weighted by atomic mass is 14.9. The van der Waals surface area contributed by atoms with Crippen molar-refractivity contribution in [1.82, 2.24) is 0 Å². The van der Waals surface area contributed by atoms with Crippen LogP contribution in [0.1, 0.15) is 18.1 Å². The van der Waals surface area contributed by atoms with Crippen molar-refractivity contribution in [3.05, 3.63) is 35.4 Å². The fourth-order valence-corrected chi connectivity index (χ4v) is 1.29. The van der Waals surface area contributed by atoms with Gasteiger partial charge in [0.15, 0.2) is 5.84 Å². The van der Waals surface area contributed by atoms with Crippen molar-refractivity contribution in [2.75, 3.05) is 0 Å². The molecule has 0 saturated heterocycles. The molecule has 2 nitrogen and oxygen atoms in total. The lowest BCUT2D eigenvalue weighted by atomic mass is 10.1. The average molecular weight is 144 g/mol. The molecule has 1 aromatic carbocycles. The molecule has 0 unspecified atom stereocenters. The number of nitrogens with one attached hydrogen (secondary N) is 1. The van der Waals surface area contributed by atoms with E-state index in [0.717, 1.165) is 16.8 Å². The van der Waals surface area contributed by atoms with E-state index >= 15 is 0 Å². The van der Waals surface area contributed by atoms with Gasteiger partial charge in [0.1, 0.15) is 0 Å². The zero-order valence-corrected chi connectivity index (χ0v) is 6.26. The molecular weight excluding hydrogens is 136 g/mol. The van der Waals surface area contributed by atoms with Gasteiger partial charge in [0, 0.05) is 16.8 Å². The van der Waals surface area contributed by atoms with Gasteiger partial charge < -0.3 is 0 Å². The molecule has 0 saturated carbocycles. The first kappa shape index (κ1) is 6.28. The largest absolute Gasteiger partial charge is 0.282 e. The maximum atomic E-state index is 7.47. The molecule has 0 amide bonds. The Morgan fingerprint density at radius 1 is 1.18 bits per heavy atom. The Bertz CT molecular complexity index is 350. The summed E-state index contributed by atoms with van der Waals surface area (Å²) in [6, 6.07) is 7.82. The Labute approximate surface area is 65.1 Å². The minimum atomic E-state index is 0.387. The van der Waals surface area contributed by atoms with E-state index in [-0.39, 0.29) is 0 Å². The first-order valence-corrected chi connectivity index (χ1v) is 3.52. The van der Waals surface area contributed by atoms with Crippen LogP contribution in [0.3, 0.4) is 0 Å². The van der Waals surface area contributed by atoms with Gasteiger partial charge in [0.2, 0.25) is 0 Å². The third-order valence-corrected chi connectivity index (χ3v) is 1.85. The molecule has 11 heavy (non-hydrogen) atoms. The molecule has 2 rings (SSSR count). The minimum absolute atomic E-state index is 0.387. The van der Waals surface area contributed by atoms with Gasteiger partial charge in [-0.3, -0.25) is 5.41 Å². The summed E-state index contributed by atoms with van der Waals surface area (Å²) >= 11 is 0. The molecule has 0 aliphatic carbocycles. The van der Waals surface area contributed by atoms with Crippen LogP contribution >= 0.6 is 0 Å². The number of benzene rings is 1. The Kier molecular flexibility index (Phi) is 1.15. The molecule has 0 spiro atoms. The highest BCUT2D eigenvalue weighted by Gasteiger charge is 2.15. The molecule has 1 N–H and O–H groups in total. The third-order valence-electron chi connectivity index (χ3n) is 1.85. The number of hydrogen-bond donors (Lipinski definition) is 1. The van der Waals surface area contributed by atoms with Gasteiger partial charge in [-0.05, 0) is 6.92 Å². The number of nitrogens with zero attached hydrogens (tertiary/aromatic N) is 1. The minimum Gasteiger partial charge on any atom is -0.282 e. The Morgan fingerprint density at radius 3 is 2.45 bits per heavy atom. The van der Waals surface area contributed by atoms with Gasteiger partial charge in [-0.15, -0.1) is 0 Å². The molecule has 0 radical (unpaired) electrons. The summed E-state index contributed by atoms with van der Waals surface area (Å²) in [5.74, 6) is 0.387. The normalized spacial score (nSPS) is 14.6. The van der Waals surface area contributed by atoms with E-state index in [1.54, 1.807) is 0 Å². The number of rotatable bonds is 0. The number of aliphatic imine (C=N–C) groups is 1. The van der Waals surface area contributed by atoms with Gasteiger partial charge in [-0.1, -0.05) is 24.3 Å². The van der Waals surface area contributed by atoms with Gasteiger partial charge in [0.25, 0.3) is 0 Å². The molecule has 1 aliphatic heterocycles. The van der Waals surface area contributed by atoms with E-state index in [2.05, 4.69) is 4.99 Å². The average Bonchev–Trinajstić information content (AvgIpc) is 2.30. The summed E-state index contributed by atoms with van der Waals surface area (Å²) in [5.41, 5.74) is 2.99. The van der Waals surface area contributed by atoms with Crippen LogP contribution in [0, 0.1) is 5.41 Å². The van der Waals surface area contributed by atoms with Crippen LogP contribution in [-0.4, -0.2) is 11.5 Å². The smallest absolute Gasteiger partial charge is 0.152 e. The quantitative estimate of drug-likeness (QED) is 0.576. The van der Waals surface area contributed by atoms with E-state index in [4.69, 9.17) is 5.41 Å². The first-order valence-electron chi connectivity index (χ1n) is 3.52. The van der Waals surface area contributed by atoms with Crippen molar-refractivity contribution in [3.63, 3.8) is 0 Å². The predicted molar refractivity (Wildman–Crippen MR) is 45.5 cm³/mol. The molecule has 1 aromatic rings. The Hall–Kier alpha value is -1.44. The maximum absolute atomic E-state index is 7.47. The molecule has 2 heteroatoms. The van der Waals surface area contributed by atoms with Crippen molar-refractivity contribution < 1.29 is 0 Å². The third kappa shape index (κ3) is 0.792. The summed E-state index contributed by atoms with van der Waals surface area (Å²) in [5, 5.41) is 7.47. The van der Waals surface area contributed by atoms with Crippen LogP contribution in [0.4, 0.5) is 0 Å². The number of fused-ring (bicyclic) bond motifs is 1. The summed E-state index contributed by atoms with van der Waals surface area (Å²) in [4.78, 5) is 4.06. The van der Waals surface area contributed by atoms with E-state index in [0.29, 0.717) is 5.84 Å². The molecule has 0 aromatic heterocycles. The lowest BCUT2D eigenvalue weighted by molar-refractivity contribution is 1.45. The molecule has 1 aliphatic rings. The second kappa shape index (κ2) is 2.02. The van der Waals surface area contributed by atoms with Gasteiger partial charge in [-0.2, -0.15) is 0 Å². The van der Waals surface area contributed by atoms with Crippen molar-refractivity contribution in [3.8, 4) is 0 Å². The zero-order valence-electron chi connectivity index (χ0n) is 6.26. The SMILES string of the molecule is CC1=NC(=N)c2ccccc21. The summed E-state index contributed by atoms with van der Waals surface area (Å²) in [7, 11) is 0. The Balaban J connectivity index is 2.71. The first-order chi connectivity index (χ1) is 5.29. The monoisotopic (exact) mass is 144 g/mol. The topological polar surface area (TPSA) is 36.2 Å². The fourth-order valence-electron chi connectivity index (χ4n) is 1.29. The van der Waals surface area contributed by atoms with Gasteiger partial charge in [0.05, 0.1) is 0 Å². The van der Waals surface area contributed by atoms with E-state index < -0.39 is 0 Å². The second-order valence-corrected chi connectivity index (χ2v) is 2.59. The van der Waals surface area contributed by atoms with E-state index in [1.807, 2.05) is 31.2 Å². The molecular formula is C9H8N2. The zero-order chi connectivity index (χ0) is 7.84. The van der Waals surface area contributed by atoms with Crippen molar-refractivity contribution in [1.29, 1.82) is 5.41 Å². The number of hydrogen-bond acceptors (Lipinski definition) is 1. The molecule has 0 atom stereocenters. The predicted octanol–water partition coefficient (Wildman–Crippen LogP) is 1.83. The van der Waals surface area contributed by atoms with Crippen LogP contribution in [0.15, 0.2) is 29.3 Å². The molecule has 1 heterocycles. The van der Waals surface area contributed by atoms with Crippen LogP contribution in [0.5, 0.6) is 0 Å². The molecule has 0 bridgehead atoms. The van der Waals surface area contributed by atoms with Crippen LogP contribution in [0.25, 0.3) is 0 Å². The standard InChI is InChI=1S/C9H8N2/c1-6-7-4-2-3-5-8(7)9(10)11-6/h2-5,10H,1H3. The second-order valence-electron chi connectivity index (χ2n) is 2.59. The van der Waals surface area contributed by atoms with Crippen LogP contribution in [0.2, 0.25) is 0 Å². The Morgan fingerprint density at radius 2 is 1.82 bits per heavy atom. The summed E-state index contributed by atoms with van der Waals surface area (Å²) in [6.45, 7) is 1.93. The van der Waals surface area contributed by atoms with Crippen molar-refractivity contribution in [2.24, 2.45) is 4.99 Å². The van der Waals surface area contributed by atoms with E-state index in [9.17, 15) is 0 Å². The number of amidine groups is 1. The summed E-state index contributed by atoms with van der Waals surface area (Å²) < 4.78 is 0. The van der Waals surface area contributed by atoms with Gasteiger partial charge >= 0.3 is 0 Å². The van der Waals surface area contributed by atoms with Gasteiger partial charge in [-0.25, -0.2) is 4.99 Å². The van der Waals surface area contributed by atoms with Crippen molar-refractivity contribution in [2.45, 2.75) is 6.92 Å². The lowest BCUT2D eigenvalue weighted by Gasteiger charge is -1.94. The fraction of sp³-hybridized carbons (Fsp3) is 0.111. The highest BCUT2D eigenvalue weighted by molar-refractivity contribution is 6.21. The molecule has 54 valence electrons. The maximum Gasteiger partial charge on any atom is 0.152 e.